The van der Waals surface area contributed by atoms with Gasteiger partial charge < -0.3 is 34.9 Å². The molecule has 4 aromatic rings. The highest BCUT2D eigenvalue weighted by atomic mass is 16.5. The van der Waals surface area contributed by atoms with Crippen LogP contribution in [0.3, 0.4) is 0 Å². The zero-order valence-electron chi connectivity index (χ0n) is 29.5. The third-order valence-electron chi connectivity index (χ3n) is 10.6. The van der Waals surface area contributed by atoms with Crippen LogP contribution in [0.4, 0.5) is 22.7 Å². The Morgan fingerprint density at radius 1 is 0.811 bits per heavy atom. The first-order valence-corrected chi connectivity index (χ1v) is 17.8. The molecule has 0 radical (unpaired) electrons. The van der Waals surface area contributed by atoms with Gasteiger partial charge >= 0.3 is 0 Å². The number of rotatable bonds is 8. The van der Waals surface area contributed by atoms with Gasteiger partial charge in [0.05, 0.1) is 48.3 Å². The maximum atomic E-state index is 13.8. The lowest BCUT2D eigenvalue weighted by atomic mass is 9.97. The van der Waals surface area contributed by atoms with Gasteiger partial charge in [-0.1, -0.05) is 36.4 Å². The van der Waals surface area contributed by atoms with Crippen molar-refractivity contribution >= 4 is 40.8 Å². The maximum Gasteiger partial charge on any atom is 0.260 e. The molecule has 0 saturated heterocycles. The molecular weight excluding hydrogens is 670 g/mol. The number of nitrogens with two attached hydrogens (primary N) is 1. The Balaban J connectivity index is 0.898. The molecule has 4 atom stereocenters. The Morgan fingerprint density at radius 3 is 2.32 bits per heavy atom. The third kappa shape index (κ3) is 5.82. The van der Waals surface area contributed by atoms with Crippen LogP contribution in [0.2, 0.25) is 0 Å². The highest BCUT2D eigenvalue weighted by Crippen LogP contribution is 2.41. The molecule has 53 heavy (non-hydrogen) atoms. The molecule has 5 aliphatic rings. The Kier molecular flexibility index (Phi) is 8.24. The number of amides is 2. The number of nitrogens with one attached hydrogen (secondary N) is 1. The molecule has 4 aliphatic heterocycles. The van der Waals surface area contributed by atoms with Crippen molar-refractivity contribution in [3.8, 4) is 11.5 Å². The van der Waals surface area contributed by atoms with Crippen LogP contribution in [0, 0.1) is 0 Å². The summed E-state index contributed by atoms with van der Waals surface area (Å²) >= 11 is 0. The van der Waals surface area contributed by atoms with E-state index in [0.717, 1.165) is 40.9 Å². The lowest BCUT2D eigenvalue weighted by Crippen LogP contribution is -2.40. The fourth-order valence-corrected chi connectivity index (χ4v) is 8.14. The van der Waals surface area contributed by atoms with Gasteiger partial charge in [-0.2, -0.15) is 0 Å². The van der Waals surface area contributed by atoms with Crippen LogP contribution in [-0.2, 0) is 40.3 Å². The molecule has 0 spiro atoms. The van der Waals surface area contributed by atoms with Gasteiger partial charge in [-0.15, -0.1) is 0 Å². The van der Waals surface area contributed by atoms with Crippen LogP contribution in [0.25, 0.3) is 0 Å². The van der Waals surface area contributed by atoms with E-state index in [-0.39, 0.29) is 37.1 Å². The van der Waals surface area contributed by atoms with E-state index in [0.29, 0.717) is 46.3 Å². The number of methoxy groups -OCH3 is 2. The Hall–Kier alpha value is -5.91. The van der Waals surface area contributed by atoms with Crippen LogP contribution in [-0.4, -0.2) is 63.1 Å². The quantitative estimate of drug-likeness (QED) is 0.226. The van der Waals surface area contributed by atoms with Gasteiger partial charge in [0, 0.05) is 49.4 Å². The van der Waals surface area contributed by atoms with Crippen molar-refractivity contribution in [1.29, 1.82) is 0 Å². The summed E-state index contributed by atoms with van der Waals surface area (Å²) < 4.78 is 24.2. The highest BCUT2D eigenvalue weighted by Gasteiger charge is 2.40. The number of carbonyl (C=O) groups excluding carboxylic acids is 2. The van der Waals surface area contributed by atoms with E-state index in [2.05, 4.69) is 17.4 Å². The number of hydrogen-bond acceptors (Lipinski definition) is 9. The van der Waals surface area contributed by atoms with Gasteiger partial charge in [-0.25, -0.2) is 0 Å². The number of para-hydroxylation sites is 2. The van der Waals surface area contributed by atoms with Crippen LogP contribution >= 0.6 is 0 Å². The summed E-state index contributed by atoms with van der Waals surface area (Å²) in [6, 6.07) is 25.2. The SMILES string of the molecule is COc1cc2c(cc1OCc1cc(N)cc(COC3C=C4N=C[C@@H]5Cc6ccccc6N5C(=O)C4=CC3OC)c1)NCC1Cc3ccccc3N1C2=O. The van der Waals surface area contributed by atoms with Crippen molar-refractivity contribution in [2.45, 2.75) is 50.3 Å². The van der Waals surface area contributed by atoms with E-state index in [9.17, 15) is 9.59 Å². The van der Waals surface area contributed by atoms with Gasteiger partial charge in [0.1, 0.15) is 18.8 Å². The molecule has 0 fully saturated rings. The average molecular weight is 710 g/mol. The minimum Gasteiger partial charge on any atom is -0.493 e. The molecule has 11 nitrogen and oxygen atoms in total. The van der Waals surface area contributed by atoms with Gasteiger partial charge in [0.15, 0.2) is 11.5 Å². The smallest absolute Gasteiger partial charge is 0.260 e. The maximum absolute atomic E-state index is 13.8. The monoisotopic (exact) mass is 709 g/mol. The zero-order chi connectivity index (χ0) is 36.2. The number of benzene rings is 4. The lowest BCUT2D eigenvalue weighted by Gasteiger charge is -2.28. The molecule has 0 bridgehead atoms. The second-order valence-corrected chi connectivity index (χ2v) is 13.9. The molecule has 1 aliphatic carbocycles. The fraction of sp³-hybridized carbons (Fsp3) is 0.262. The average Bonchev–Trinajstić information content (AvgIpc) is 3.67. The highest BCUT2D eigenvalue weighted by molar-refractivity contribution is 6.14. The van der Waals surface area contributed by atoms with Crippen molar-refractivity contribution in [3.05, 3.63) is 130 Å². The summed E-state index contributed by atoms with van der Waals surface area (Å²) in [5, 5.41) is 3.48. The number of ether oxygens (including phenoxy) is 4. The molecule has 0 saturated carbocycles. The third-order valence-corrected chi connectivity index (χ3v) is 10.6. The molecule has 3 N–H and O–H groups in total. The largest absolute Gasteiger partial charge is 0.493 e. The van der Waals surface area contributed by atoms with Crippen LogP contribution in [0.15, 0.2) is 107 Å². The van der Waals surface area contributed by atoms with E-state index < -0.39 is 12.2 Å². The number of hydrogen-bond donors (Lipinski definition) is 2. The Labute approximate surface area is 307 Å². The minimum absolute atomic E-state index is 0.0240. The number of aliphatic imine (C=N–C) groups is 1. The van der Waals surface area contributed by atoms with E-state index in [1.54, 1.807) is 20.3 Å². The number of anilines is 4. The lowest BCUT2D eigenvalue weighted by molar-refractivity contribution is -0.115. The summed E-state index contributed by atoms with van der Waals surface area (Å²) in [6.07, 6.45) is 6.11. The molecule has 9 rings (SSSR count). The van der Waals surface area contributed by atoms with E-state index >= 15 is 0 Å². The first kappa shape index (κ1) is 33.0. The molecule has 11 heteroatoms. The standard InChI is InChI=1S/C42H39N5O6/c1-50-37-16-31-33(44-20-29-14-26-7-3-5-9-35(26)46(29)41(31)48)18-39(37)52-22-24-11-25(13-28(43)12-24)23-53-40-19-34-32(17-38(40)51-2)42(49)47-30(21-45-34)15-27-8-4-6-10-36(27)47/h3-13,16-20,29-30,37,39,45H,14-15,21-23,43H2,1-2H3/t29-,30?,37?,39?/m0/s1. The Bertz CT molecular complexity index is 2250. The molecule has 268 valence electrons. The number of carbonyl (C=O) groups is 2. The second kappa shape index (κ2) is 13.3. The molecular formula is C42H39N5O6. The topological polar surface area (TPSA) is 128 Å². The van der Waals surface area contributed by atoms with E-state index in [1.165, 1.54) is 5.56 Å². The van der Waals surface area contributed by atoms with Gasteiger partial charge in [-0.3, -0.25) is 19.5 Å². The van der Waals surface area contributed by atoms with Crippen molar-refractivity contribution in [3.63, 3.8) is 0 Å². The van der Waals surface area contributed by atoms with E-state index in [4.69, 9.17) is 29.7 Å². The van der Waals surface area contributed by atoms with Crippen molar-refractivity contribution in [2.24, 2.45) is 4.99 Å². The summed E-state index contributed by atoms with van der Waals surface area (Å²) in [5.74, 6) is 0.815. The summed E-state index contributed by atoms with van der Waals surface area (Å²) in [6.45, 7) is 1.07. The van der Waals surface area contributed by atoms with Crippen molar-refractivity contribution in [2.75, 3.05) is 41.6 Å². The first-order chi connectivity index (χ1) is 25.9. The van der Waals surface area contributed by atoms with Crippen molar-refractivity contribution < 1.29 is 28.5 Å². The summed E-state index contributed by atoms with van der Waals surface area (Å²) in [4.78, 5) is 36.1. The van der Waals surface area contributed by atoms with Crippen LogP contribution < -0.4 is 30.3 Å². The molecule has 4 heterocycles. The molecule has 2 amide bonds. The predicted octanol–water partition coefficient (Wildman–Crippen LogP) is 5.62. The van der Waals surface area contributed by atoms with Crippen LogP contribution in [0.1, 0.15) is 32.6 Å². The predicted molar refractivity (Wildman–Crippen MR) is 203 cm³/mol. The van der Waals surface area contributed by atoms with Gasteiger partial charge in [0.25, 0.3) is 11.8 Å². The normalized spacial score (nSPS) is 22.2. The number of fused-ring (bicyclic) bond motifs is 8. The van der Waals surface area contributed by atoms with Gasteiger partial charge in [0.2, 0.25) is 0 Å². The zero-order valence-corrected chi connectivity index (χ0v) is 29.5. The number of nitrogen functional groups attached to an aromatic ring is 1. The second-order valence-electron chi connectivity index (χ2n) is 13.9. The summed E-state index contributed by atoms with van der Waals surface area (Å²) in [7, 11) is 3.17. The van der Waals surface area contributed by atoms with E-state index in [1.807, 2.05) is 88.8 Å². The molecule has 4 aromatic carbocycles. The Morgan fingerprint density at radius 2 is 1.55 bits per heavy atom. The van der Waals surface area contributed by atoms with Gasteiger partial charge in [-0.05, 0) is 77.2 Å². The fourth-order valence-electron chi connectivity index (χ4n) is 8.14. The number of nitrogens with zero attached hydrogens (tertiary/aromatic N) is 3. The summed E-state index contributed by atoms with van der Waals surface area (Å²) in [5.41, 5.74) is 15.1. The minimum atomic E-state index is -0.488. The van der Waals surface area contributed by atoms with Crippen LogP contribution in [0.5, 0.6) is 11.5 Å². The molecule has 3 unspecified atom stereocenters. The first-order valence-electron chi connectivity index (χ1n) is 17.8. The van der Waals surface area contributed by atoms with Crippen molar-refractivity contribution in [1.82, 2.24) is 0 Å². The molecule has 0 aromatic heterocycles.